The summed E-state index contributed by atoms with van der Waals surface area (Å²) in [5.74, 6) is -3.34. The number of hydrogen-bond acceptors (Lipinski definition) is 3. The second-order valence-corrected chi connectivity index (χ2v) is 2.71. The van der Waals surface area contributed by atoms with Gasteiger partial charge in [-0.25, -0.2) is 9.18 Å². The molecule has 1 N–H and O–H groups in total. The monoisotopic (exact) mass is 205 g/mol. The van der Waals surface area contributed by atoms with Crippen LogP contribution < -0.4 is 0 Å². The molecule has 1 aliphatic rings. The van der Waals surface area contributed by atoms with Crippen LogP contribution in [0.1, 0.15) is 6.42 Å². The standard InChI is InChI=1S/C7H5F2NO4/c8-4-3-7(9,6(11)12)2-1-5(4)10(13)14/h1,3H,2H2,(H,11,12). The second kappa shape index (κ2) is 3.17. The van der Waals surface area contributed by atoms with Crippen LogP contribution in [0.15, 0.2) is 23.7 Å². The van der Waals surface area contributed by atoms with Crippen molar-refractivity contribution in [2.45, 2.75) is 12.1 Å². The van der Waals surface area contributed by atoms with Gasteiger partial charge in [-0.3, -0.25) is 10.1 Å². The average molecular weight is 205 g/mol. The molecule has 1 atom stereocenters. The highest BCUT2D eigenvalue weighted by molar-refractivity contribution is 5.81. The Bertz CT molecular complexity index is 363. The second-order valence-electron chi connectivity index (χ2n) is 2.71. The molecule has 0 saturated carbocycles. The topological polar surface area (TPSA) is 80.4 Å². The Hall–Kier alpha value is -1.79. The molecule has 0 aromatic rings. The van der Waals surface area contributed by atoms with Gasteiger partial charge in [0.05, 0.1) is 4.92 Å². The van der Waals surface area contributed by atoms with Gasteiger partial charge in [0.2, 0.25) is 5.67 Å². The van der Waals surface area contributed by atoms with Crippen LogP contribution in [0.5, 0.6) is 0 Å². The molecule has 0 spiro atoms. The summed E-state index contributed by atoms with van der Waals surface area (Å²) in [6.45, 7) is 0. The Labute approximate surface area is 76.5 Å². The predicted octanol–water partition coefficient (Wildman–Crippen LogP) is 1.20. The van der Waals surface area contributed by atoms with E-state index in [1.807, 2.05) is 0 Å². The molecule has 0 fully saturated rings. The van der Waals surface area contributed by atoms with Crippen molar-refractivity contribution >= 4 is 5.97 Å². The predicted molar refractivity (Wildman–Crippen MR) is 40.4 cm³/mol. The Kier molecular flexibility index (Phi) is 2.33. The molecular weight excluding hydrogens is 200 g/mol. The first-order valence-corrected chi connectivity index (χ1v) is 3.52. The lowest BCUT2D eigenvalue weighted by Gasteiger charge is -2.16. The quantitative estimate of drug-likeness (QED) is 0.542. The lowest BCUT2D eigenvalue weighted by molar-refractivity contribution is -0.423. The number of hydrogen-bond donors (Lipinski definition) is 1. The van der Waals surface area contributed by atoms with Gasteiger partial charge in [-0.2, -0.15) is 4.39 Å². The number of nitrogens with zero attached hydrogens (tertiary/aromatic N) is 1. The molecule has 0 amide bonds. The largest absolute Gasteiger partial charge is 0.479 e. The first-order valence-electron chi connectivity index (χ1n) is 3.52. The van der Waals surface area contributed by atoms with E-state index in [9.17, 15) is 23.7 Å². The Morgan fingerprint density at radius 2 is 2.29 bits per heavy atom. The summed E-state index contributed by atoms with van der Waals surface area (Å²) in [6.07, 6.45) is -0.0248. The maximum Gasteiger partial charge on any atom is 0.346 e. The van der Waals surface area contributed by atoms with Gasteiger partial charge < -0.3 is 5.11 Å². The van der Waals surface area contributed by atoms with Crippen molar-refractivity contribution in [2.24, 2.45) is 0 Å². The van der Waals surface area contributed by atoms with Crippen LogP contribution in [0, 0.1) is 10.1 Å². The minimum absolute atomic E-state index is 0.105. The van der Waals surface area contributed by atoms with Crippen LogP contribution in [0.2, 0.25) is 0 Å². The van der Waals surface area contributed by atoms with E-state index in [0.717, 1.165) is 0 Å². The van der Waals surface area contributed by atoms with E-state index in [1.54, 1.807) is 0 Å². The molecule has 5 nitrogen and oxygen atoms in total. The third-order valence-electron chi connectivity index (χ3n) is 1.74. The summed E-state index contributed by atoms with van der Waals surface area (Å²) in [7, 11) is 0. The molecule has 0 aromatic carbocycles. The molecule has 14 heavy (non-hydrogen) atoms. The van der Waals surface area contributed by atoms with Gasteiger partial charge >= 0.3 is 11.7 Å². The summed E-state index contributed by atoms with van der Waals surface area (Å²) in [4.78, 5) is 19.4. The molecule has 0 bridgehead atoms. The molecule has 0 aromatic heterocycles. The number of rotatable bonds is 2. The number of carbonyl (C=O) groups is 1. The van der Waals surface area contributed by atoms with E-state index < -0.39 is 34.5 Å². The first-order chi connectivity index (χ1) is 6.37. The molecule has 0 radical (unpaired) electrons. The number of halogens is 2. The van der Waals surface area contributed by atoms with E-state index >= 15 is 0 Å². The van der Waals surface area contributed by atoms with Gasteiger partial charge in [0, 0.05) is 18.6 Å². The van der Waals surface area contributed by atoms with Crippen LogP contribution in [0.3, 0.4) is 0 Å². The first kappa shape index (κ1) is 10.3. The van der Waals surface area contributed by atoms with Crippen LogP contribution in [0.4, 0.5) is 8.78 Å². The fourth-order valence-corrected chi connectivity index (χ4v) is 0.987. The molecule has 1 unspecified atom stereocenters. The lowest BCUT2D eigenvalue weighted by Crippen LogP contribution is -2.33. The van der Waals surface area contributed by atoms with Gasteiger partial charge in [-0.05, 0) is 0 Å². The summed E-state index contributed by atoms with van der Waals surface area (Å²) in [6, 6.07) is 0. The van der Waals surface area contributed by atoms with Crippen molar-refractivity contribution in [2.75, 3.05) is 0 Å². The van der Waals surface area contributed by atoms with Crippen molar-refractivity contribution in [3.8, 4) is 0 Å². The Balaban J connectivity index is 3.03. The van der Waals surface area contributed by atoms with E-state index in [2.05, 4.69) is 0 Å². The van der Waals surface area contributed by atoms with Crippen molar-refractivity contribution in [1.29, 1.82) is 0 Å². The van der Waals surface area contributed by atoms with Gasteiger partial charge in [0.1, 0.15) is 0 Å². The average Bonchev–Trinajstić information content (AvgIpc) is 2.02. The number of aliphatic carboxylic acids is 1. The Morgan fingerprint density at radius 1 is 1.71 bits per heavy atom. The van der Waals surface area contributed by atoms with Crippen molar-refractivity contribution in [3.63, 3.8) is 0 Å². The smallest absolute Gasteiger partial charge is 0.346 e. The zero-order chi connectivity index (χ0) is 10.9. The molecule has 1 rings (SSSR count). The van der Waals surface area contributed by atoms with Crippen LogP contribution in [0.25, 0.3) is 0 Å². The maximum atomic E-state index is 13.2. The van der Waals surface area contributed by atoms with Crippen molar-refractivity contribution < 1.29 is 23.6 Å². The van der Waals surface area contributed by atoms with E-state index in [4.69, 9.17) is 5.11 Å². The van der Waals surface area contributed by atoms with E-state index in [0.29, 0.717) is 6.08 Å². The van der Waals surface area contributed by atoms with Gasteiger partial charge in [-0.15, -0.1) is 0 Å². The third-order valence-corrected chi connectivity index (χ3v) is 1.74. The minimum Gasteiger partial charge on any atom is -0.479 e. The van der Waals surface area contributed by atoms with Crippen LogP contribution in [-0.2, 0) is 4.79 Å². The summed E-state index contributed by atoms with van der Waals surface area (Å²) < 4.78 is 26.0. The molecule has 7 heteroatoms. The minimum atomic E-state index is -2.89. The zero-order valence-electron chi connectivity index (χ0n) is 6.74. The van der Waals surface area contributed by atoms with Gasteiger partial charge in [-0.1, -0.05) is 0 Å². The Morgan fingerprint density at radius 3 is 2.64 bits per heavy atom. The van der Waals surface area contributed by atoms with Gasteiger partial charge in [0.25, 0.3) is 0 Å². The maximum absolute atomic E-state index is 13.2. The molecule has 1 aliphatic carbocycles. The number of allylic oxidation sites excluding steroid dienone is 2. The fourth-order valence-electron chi connectivity index (χ4n) is 0.987. The SMILES string of the molecule is O=C(O)C1(F)C=C(F)C([N+](=O)[O-])=CC1. The summed E-state index contributed by atoms with van der Waals surface area (Å²) >= 11 is 0. The number of carboxylic acids is 1. The van der Waals surface area contributed by atoms with Crippen LogP contribution in [-0.4, -0.2) is 21.7 Å². The molecular formula is C7H5F2NO4. The molecule has 0 aliphatic heterocycles. The van der Waals surface area contributed by atoms with Gasteiger partial charge in [0.15, 0.2) is 5.83 Å². The molecule has 76 valence electrons. The third kappa shape index (κ3) is 1.61. The van der Waals surface area contributed by atoms with Crippen molar-refractivity contribution in [3.05, 3.63) is 33.8 Å². The summed E-state index contributed by atoms with van der Waals surface area (Å²) in [5.41, 5.74) is -3.79. The molecule has 0 heterocycles. The van der Waals surface area contributed by atoms with E-state index in [1.165, 1.54) is 0 Å². The van der Waals surface area contributed by atoms with Crippen LogP contribution >= 0.6 is 0 Å². The fraction of sp³-hybridized carbons (Fsp3) is 0.286. The lowest BCUT2D eigenvalue weighted by atomic mass is 9.96. The normalized spacial score (nSPS) is 26.4. The van der Waals surface area contributed by atoms with E-state index in [-0.39, 0.29) is 6.08 Å². The highest BCUT2D eigenvalue weighted by atomic mass is 19.1. The zero-order valence-corrected chi connectivity index (χ0v) is 6.74. The summed E-state index contributed by atoms with van der Waals surface area (Å²) in [5, 5.41) is 18.5. The highest BCUT2D eigenvalue weighted by Crippen LogP contribution is 2.30. The highest BCUT2D eigenvalue weighted by Gasteiger charge is 2.41. The number of alkyl halides is 1. The van der Waals surface area contributed by atoms with Crippen molar-refractivity contribution in [1.82, 2.24) is 0 Å². The molecule has 0 saturated heterocycles. The number of carboxylic acid groups (broad SMARTS) is 1. The number of nitro groups is 1.